The van der Waals surface area contributed by atoms with Crippen LogP contribution >= 0.6 is 0 Å². The van der Waals surface area contributed by atoms with Crippen molar-refractivity contribution < 1.29 is 21.6 Å². The van der Waals surface area contributed by atoms with Gasteiger partial charge in [0, 0.05) is 42.5 Å². The molecule has 17 heteroatoms. The second-order valence-corrected chi connectivity index (χ2v) is 12.9. The summed E-state index contributed by atoms with van der Waals surface area (Å²) in [6.45, 7) is 0.406. The minimum Gasteiger partial charge on any atom is -0.351 e. The van der Waals surface area contributed by atoms with Crippen LogP contribution < -0.4 is 16.2 Å². The maximum atomic E-state index is 12.8. The molecule has 0 spiro atoms. The highest BCUT2D eigenvalue weighted by atomic mass is 32.2. The number of anilines is 2. The monoisotopic (exact) mass is 587 g/mol. The molecule has 210 valence electrons. The molecule has 40 heavy (non-hydrogen) atoms. The van der Waals surface area contributed by atoms with Crippen molar-refractivity contribution in [2.24, 2.45) is 0 Å². The van der Waals surface area contributed by atoms with E-state index in [0.29, 0.717) is 37.0 Å². The van der Waals surface area contributed by atoms with Crippen LogP contribution in [-0.4, -0.2) is 81.1 Å². The van der Waals surface area contributed by atoms with Crippen LogP contribution in [0.1, 0.15) is 12.8 Å². The maximum Gasteiger partial charge on any atom is 0.284 e. The van der Waals surface area contributed by atoms with E-state index in [1.165, 1.54) is 45.5 Å². The number of amides is 1. The van der Waals surface area contributed by atoms with Crippen molar-refractivity contribution in [2.45, 2.75) is 30.3 Å². The molecule has 4 heterocycles. The van der Waals surface area contributed by atoms with E-state index in [2.05, 4.69) is 30.7 Å². The molecule has 15 nitrogen and oxygen atoms in total. The third-order valence-corrected chi connectivity index (χ3v) is 9.21. The summed E-state index contributed by atoms with van der Waals surface area (Å²) in [4.78, 5) is 37.9. The van der Waals surface area contributed by atoms with E-state index in [0.717, 1.165) is 16.7 Å². The average molecular weight is 588 g/mol. The first-order valence-electron chi connectivity index (χ1n) is 12.1. The number of hydrogen-bond acceptors (Lipinski definition) is 11. The predicted octanol–water partition coefficient (Wildman–Crippen LogP) is 0.0946. The lowest BCUT2D eigenvalue weighted by molar-refractivity contribution is -0.116. The Kier molecular flexibility index (Phi) is 7.35. The number of carbonyl (C=O) groups is 1. The van der Waals surface area contributed by atoms with E-state index in [-0.39, 0.29) is 29.1 Å². The molecule has 1 fully saturated rings. The topological polar surface area (TPSA) is 191 Å². The molecule has 1 amide bonds. The minimum atomic E-state index is -3.91. The first kappa shape index (κ1) is 27.4. The number of aromatic nitrogens is 6. The average Bonchev–Trinajstić information content (AvgIpc) is 3.47. The number of nitrogens with one attached hydrogen (secondary N) is 2. The van der Waals surface area contributed by atoms with Gasteiger partial charge >= 0.3 is 0 Å². The first-order valence-corrected chi connectivity index (χ1v) is 15.4. The van der Waals surface area contributed by atoms with Gasteiger partial charge in [-0.15, -0.1) is 9.19 Å². The van der Waals surface area contributed by atoms with Gasteiger partial charge < -0.3 is 10.6 Å². The quantitative estimate of drug-likeness (QED) is 0.284. The van der Waals surface area contributed by atoms with E-state index in [1.54, 1.807) is 12.3 Å². The predicted molar refractivity (Wildman–Crippen MR) is 145 cm³/mol. The fourth-order valence-corrected chi connectivity index (χ4v) is 6.21. The first-order chi connectivity index (χ1) is 19.0. The zero-order valence-electron chi connectivity index (χ0n) is 21.2. The molecular formula is C23H25N9O6S2. The number of fused-ring (bicyclic) bond motifs is 1. The minimum absolute atomic E-state index is 0.0417. The molecule has 3 aromatic heterocycles. The Labute approximate surface area is 229 Å². The standard InChI is InChI=1S/C23H25N9O6S2/c1-39(35,36)30-10-8-18(9-11-30)28-23-25-12-16-2-7-21(34)31(22(16)29-23)13-20(33)27-17-3-5-19(6-4-17)40(37,38)32-15-24-14-26-32/h2-7,12,14-15,18H,8-11,13H2,1H3,(H,27,33)(H,25,28,29). The molecule has 0 unspecified atom stereocenters. The van der Waals surface area contributed by atoms with Crippen LogP contribution in [0.2, 0.25) is 0 Å². The number of benzene rings is 1. The lowest BCUT2D eigenvalue weighted by Gasteiger charge is -2.30. The molecule has 0 bridgehead atoms. The number of sulfonamides is 1. The summed E-state index contributed by atoms with van der Waals surface area (Å²) in [7, 11) is -7.16. The number of pyridine rings is 1. The molecule has 5 rings (SSSR count). The SMILES string of the molecule is CS(=O)(=O)N1CCC(Nc2ncc3ccc(=O)n(CC(=O)Nc4ccc(S(=O)(=O)n5cncn5)cc4)c3n2)CC1. The van der Waals surface area contributed by atoms with Gasteiger partial charge in [0.1, 0.15) is 24.8 Å². The molecule has 2 N–H and O–H groups in total. The zero-order valence-corrected chi connectivity index (χ0v) is 22.8. The molecule has 1 aliphatic rings. The van der Waals surface area contributed by atoms with Gasteiger partial charge in [0.25, 0.3) is 15.6 Å². The second-order valence-electron chi connectivity index (χ2n) is 9.16. The maximum absolute atomic E-state index is 12.8. The molecule has 4 aromatic rings. The van der Waals surface area contributed by atoms with E-state index < -0.39 is 31.5 Å². The Morgan fingerprint density at radius 2 is 1.77 bits per heavy atom. The van der Waals surface area contributed by atoms with Gasteiger partial charge in [0.05, 0.1) is 11.2 Å². The fourth-order valence-electron chi connectivity index (χ4n) is 4.29. The zero-order chi connectivity index (χ0) is 28.5. The summed E-state index contributed by atoms with van der Waals surface area (Å²) in [5, 5.41) is 10.0. The molecule has 0 atom stereocenters. The summed E-state index contributed by atoms with van der Waals surface area (Å²) in [6.07, 6.45) is 6.03. The molecule has 0 aliphatic carbocycles. The van der Waals surface area contributed by atoms with Crippen LogP contribution in [0.3, 0.4) is 0 Å². The highest BCUT2D eigenvalue weighted by Crippen LogP contribution is 2.19. The van der Waals surface area contributed by atoms with Crippen LogP contribution in [-0.2, 0) is 31.4 Å². The third-order valence-electron chi connectivity index (χ3n) is 6.36. The lowest BCUT2D eigenvalue weighted by atomic mass is 10.1. The van der Waals surface area contributed by atoms with Crippen LogP contribution in [0, 0.1) is 0 Å². The second kappa shape index (κ2) is 10.7. The van der Waals surface area contributed by atoms with Crippen molar-refractivity contribution in [3.05, 3.63) is 65.6 Å². The van der Waals surface area contributed by atoms with Crippen molar-refractivity contribution in [1.82, 2.24) is 33.0 Å². The molecule has 1 aliphatic heterocycles. The van der Waals surface area contributed by atoms with Crippen LogP contribution in [0.4, 0.5) is 11.6 Å². The molecule has 0 radical (unpaired) electrons. The van der Waals surface area contributed by atoms with Gasteiger partial charge in [-0.1, -0.05) is 0 Å². The van der Waals surface area contributed by atoms with Crippen molar-refractivity contribution in [2.75, 3.05) is 30.0 Å². The Balaban J connectivity index is 1.29. The Hall–Kier alpha value is -4.22. The summed E-state index contributed by atoms with van der Waals surface area (Å²) in [6, 6.07) is 8.31. The van der Waals surface area contributed by atoms with Gasteiger partial charge in [-0.3, -0.25) is 14.2 Å². The molecule has 0 saturated carbocycles. The normalized spacial score (nSPS) is 15.2. The number of piperidine rings is 1. The third kappa shape index (κ3) is 5.85. The summed E-state index contributed by atoms with van der Waals surface area (Å²) in [5.74, 6) is -0.267. The Morgan fingerprint density at radius 1 is 1.05 bits per heavy atom. The smallest absolute Gasteiger partial charge is 0.284 e. The summed E-state index contributed by atoms with van der Waals surface area (Å²) in [5.41, 5.74) is 0.138. The Morgan fingerprint density at radius 3 is 2.42 bits per heavy atom. The van der Waals surface area contributed by atoms with E-state index in [9.17, 15) is 26.4 Å². The molecule has 1 saturated heterocycles. The van der Waals surface area contributed by atoms with Crippen LogP contribution in [0.15, 0.2) is 64.9 Å². The van der Waals surface area contributed by atoms with Crippen molar-refractivity contribution in [1.29, 1.82) is 0 Å². The fraction of sp³-hybridized carbons (Fsp3) is 0.304. The van der Waals surface area contributed by atoms with Gasteiger partial charge in [-0.2, -0.15) is 13.4 Å². The van der Waals surface area contributed by atoms with Crippen molar-refractivity contribution in [3.63, 3.8) is 0 Å². The van der Waals surface area contributed by atoms with Gasteiger partial charge in [0.15, 0.2) is 0 Å². The number of rotatable bonds is 8. The highest BCUT2D eigenvalue weighted by Gasteiger charge is 2.25. The van der Waals surface area contributed by atoms with Crippen molar-refractivity contribution in [3.8, 4) is 0 Å². The summed E-state index contributed by atoms with van der Waals surface area (Å²) >= 11 is 0. The van der Waals surface area contributed by atoms with Crippen LogP contribution in [0.5, 0.6) is 0 Å². The molecular weight excluding hydrogens is 562 g/mol. The Bertz CT molecular complexity index is 1810. The summed E-state index contributed by atoms with van der Waals surface area (Å²) < 4.78 is 51.9. The largest absolute Gasteiger partial charge is 0.351 e. The highest BCUT2D eigenvalue weighted by molar-refractivity contribution is 7.89. The van der Waals surface area contributed by atoms with Crippen molar-refractivity contribution >= 4 is 48.6 Å². The van der Waals surface area contributed by atoms with E-state index in [1.807, 2.05) is 0 Å². The van der Waals surface area contributed by atoms with Gasteiger partial charge in [-0.25, -0.2) is 22.7 Å². The lowest BCUT2D eigenvalue weighted by Crippen LogP contribution is -2.42. The number of nitrogens with zero attached hydrogens (tertiary/aromatic N) is 7. The van der Waals surface area contributed by atoms with Gasteiger partial charge in [0.2, 0.25) is 21.9 Å². The number of carbonyl (C=O) groups excluding carboxylic acids is 1. The molecule has 1 aromatic carbocycles. The van der Waals surface area contributed by atoms with Gasteiger partial charge in [-0.05, 0) is 43.2 Å². The van der Waals surface area contributed by atoms with E-state index in [4.69, 9.17) is 0 Å². The van der Waals surface area contributed by atoms with E-state index >= 15 is 0 Å². The number of hydrogen-bond donors (Lipinski definition) is 2. The van der Waals surface area contributed by atoms with Crippen LogP contribution in [0.25, 0.3) is 11.0 Å².